The number of aromatic hydroxyl groups is 1. The topological polar surface area (TPSA) is 161 Å². The molecule has 0 saturated carbocycles. The Hall–Kier alpha value is -4.03. The van der Waals surface area contributed by atoms with Crippen LogP contribution in [0.4, 0.5) is 15.8 Å². The van der Waals surface area contributed by atoms with Crippen molar-refractivity contribution < 1.29 is 28.6 Å². The molecular weight excluding hydrogens is 465 g/mol. The molecule has 3 aromatic rings. The molecule has 178 valence electrons. The summed E-state index contributed by atoms with van der Waals surface area (Å²) >= 11 is 0.654. The molecule has 10 nitrogen and oxygen atoms in total. The first-order valence-corrected chi connectivity index (χ1v) is 10.7. The van der Waals surface area contributed by atoms with Crippen LogP contribution in [0.1, 0.15) is 31.8 Å². The summed E-state index contributed by atoms with van der Waals surface area (Å²) in [7, 11) is 1.47. The molecule has 34 heavy (non-hydrogen) atoms. The predicted octanol–water partition coefficient (Wildman–Crippen LogP) is 1.82. The number of nitrogen functional groups attached to an aromatic ring is 1. The molecule has 12 heteroatoms. The Bertz CT molecular complexity index is 1180. The van der Waals surface area contributed by atoms with E-state index >= 15 is 0 Å². The van der Waals surface area contributed by atoms with E-state index in [1.165, 1.54) is 43.5 Å². The van der Waals surface area contributed by atoms with Gasteiger partial charge in [-0.15, -0.1) is 0 Å². The van der Waals surface area contributed by atoms with E-state index in [-0.39, 0.29) is 40.8 Å². The molecule has 1 heterocycles. The summed E-state index contributed by atoms with van der Waals surface area (Å²) in [5.41, 5.74) is 11.3. The summed E-state index contributed by atoms with van der Waals surface area (Å²) in [6.07, 6.45) is 0. The fourth-order valence-electron chi connectivity index (χ4n) is 3.17. The van der Waals surface area contributed by atoms with Crippen LogP contribution in [-0.4, -0.2) is 47.5 Å². The van der Waals surface area contributed by atoms with Crippen LogP contribution in [-0.2, 0) is 9.53 Å². The molecule has 2 aromatic carbocycles. The molecule has 0 saturated heterocycles. The number of anilines is 2. The normalized spacial score (nSPS) is 11.6. The highest BCUT2D eigenvalue weighted by atomic mass is 32.1. The highest BCUT2D eigenvalue weighted by molar-refractivity contribution is 7.09. The number of hydrogen-bond acceptors (Lipinski definition) is 8. The van der Waals surface area contributed by atoms with Crippen molar-refractivity contribution in [3.8, 4) is 5.75 Å². The number of nitrogens with two attached hydrogens (primary N) is 2. The molecule has 0 aliphatic carbocycles. The summed E-state index contributed by atoms with van der Waals surface area (Å²) in [5, 5.41) is 12.4. The third kappa shape index (κ3) is 5.30. The number of aromatic nitrogens is 1. The summed E-state index contributed by atoms with van der Waals surface area (Å²) in [6.45, 7) is 0.381. The number of ether oxygens (including phenoxy) is 1. The van der Waals surface area contributed by atoms with E-state index in [1.54, 1.807) is 0 Å². The number of rotatable bonds is 9. The van der Waals surface area contributed by atoms with E-state index < -0.39 is 29.6 Å². The predicted molar refractivity (Wildman–Crippen MR) is 124 cm³/mol. The maximum atomic E-state index is 13.7. The Morgan fingerprint density at radius 3 is 2.38 bits per heavy atom. The minimum atomic E-state index is -1.26. The standard InChI is InChI=1S/C22H22FN5O5S/c1-33-11-10-26-21(31)18(12-2-8-15(29)9-3-12)28(14-6-4-13(23)5-7-14)22(32)19-16(24)17(20(25)30)27-34-19/h2-9,18,29H,10-11,24H2,1H3,(H2,25,30)(H,26,31)/t18-/m0/s1. The number of nitrogens with one attached hydrogen (secondary N) is 1. The maximum absolute atomic E-state index is 13.7. The Labute approximate surface area is 198 Å². The number of phenols is 1. The fraction of sp³-hybridized carbons (Fsp3) is 0.182. The van der Waals surface area contributed by atoms with Crippen LogP contribution in [0.15, 0.2) is 48.5 Å². The van der Waals surface area contributed by atoms with Gasteiger partial charge in [-0.1, -0.05) is 12.1 Å². The van der Waals surface area contributed by atoms with Gasteiger partial charge in [-0.05, 0) is 53.5 Å². The molecule has 0 fully saturated rings. The van der Waals surface area contributed by atoms with E-state index in [9.17, 15) is 23.9 Å². The Morgan fingerprint density at radius 1 is 1.18 bits per heavy atom. The number of primary amides is 1. The Morgan fingerprint density at radius 2 is 1.82 bits per heavy atom. The van der Waals surface area contributed by atoms with Gasteiger partial charge in [-0.3, -0.25) is 19.3 Å². The second-order valence-electron chi connectivity index (χ2n) is 7.07. The van der Waals surface area contributed by atoms with E-state index in [0.29, 0.717) is 17.1 Å². The van der Waals surface area contributed by atoms with Gasteiger partial charge in [0, 0.05) is 19.3 Å². The van der Waals surface area contributed by atoms with Crippen molar-refractivity contribution in [2.45, 2.75) is 6.04 Å². The van der Waals surface area contributed by atoms with Crippen molar-refractivity contribution in [1.29, 1.82) is 0 Å². The van der Waals surface area contributed by atoms with Gasteiger partial charge in [0.05, 0.1) is 12.3 Å². The number of halogens is 1. The lowest BCUT2D eigenvalue weighted by Gasteiger charge is -2.31. The summed E-state index contributed by atoms with van der Waals surface area (Å²) in [5.74, 6) is -2.82. The van der Waals surface area contributed by atoms with Crippen molar-refractivity contribution in [2.75, 3.05) is 30.9 Å². The first kappa shape index (κ1) is 24.6. The van der Waals surface area contributed by atoms with Gasteiger partial charge in [0.15, 0.2) is 5.69 Å². The zero-order chi connectivity index (χ0) is 24.8. The SMILES string of the molecule is COCCNC(=O)[C@H](c1ccc(O)cc1)N(C(=O)c1snc(C(N)=O)c1N)c1ccc(F)cc1. The molecule has 1 aromatic heterocycles. The molecule has 6 N–H and O–H groups in total. The zero-order valence-electron chi connectivity index (χ0n) is 18.0. The Balaban J connectivity index is 2.16. The molecular formula is C22H22FN5O5S. The van der Waals surface area contributed by atoms with Gasteiger partial charge < -0.3 is 26.6 Å². The van der Waals surface area contributed by atoms with Crippen LogP contribution in [0.5, 0.6) is 5.75 Å². The van der Waals surface area contributed by atoms with Crippen molar-refractivity contribution in [3.05, 3.63) is 70.5 Å². The van der Waals surface area contributed by atoms with Crippen LogP contribution in [0, 0.1) is 5.82 Å². The number of carbonyl (C=O) groups is 3. The number of hydrogen-bond donors (Lipinski definition) is 4. The quantitative estimate of drug-likeness (QED) is 0.335. The van der Waals surface area contributed by atoms with E-state index in [4.69, 9.17) is 16.2 Å². The molecule has 0 spiro atoms. The van der Waals surface area contributed by atoms with Crippen LogP contribution in [0.3, 0.4) is 0 Å². The first-order valence-electron chi connectivity index (χ1n) is 9.94. The molecule has 0 aliphatic rings. The Kier molecular flexibility index (Phi) is 7.76. The first-order chi connectivity index (χ1) is 16.2. The van der Waals surface area contributed by atoms with Crippen LogP contribution >= 0.6 is 11.5 Å². The van der Waals surface area contributed by atoms with Gasteiger partial charge in [0.25, 0.3) is 11.8 Å². The number of nitrogens with zero attached hydrogens (tertiary/aromatic N) is 2. The minimum Gasteiger partial charge on any atom is -0.508 e. The second kappa shape index (κ2) is 10.7. The second-order valence-corrected chi connectivity index (χ2v) is 7.84. The third-order valence-corrected chi connectivity index (χ3v) is 5.65. The maximum Gasteiger partial charge on any atom is 0.273 e. The summed E-state index contributed by atoms with van der Waals surface area (Å²) in [6, 6.07) is 9.36. The lowest BCUT2D eigenvalue weighted by molar-refractivity contribution is -0.122. The third-order valence-electron chi connectivity index (χ3n) is 4.80. The molecule has 1 atom stereocenters. The van der Waals surface area contributed by atoms with Crippen molar-refractivity contribution in [1.82, 2.24) is 9.69 Å². The molecule has 0 radical (unpaired) electrons. The van der Waals surface area contributed by atoms with Gasteiger partial charge >= 0.3 is 0 Å². The lowest BCUT2D eigenvalue weighted by Crippen LogP contribution is -2.44. The molecule has 0 aliphatic heterocycles. The smallest absolute Gasteiger partial charge is 0.273 e. The summed E-state index contributed by atoms with van der Waals surface area (Å²) in [4.78, 5) is 39.6. The lowest BCUT2D eigenvalue weighted by atomic mass is 10.0. The zero-order valence-corrected chi connectivity index (χ0v) is 18.8. The highest BCUT2D eigenvalue weighted by Gasteiger charge is 2.36. The monoisotopic (exact) mass is 487 g/mol. The average Bonchev–Trinajstić information content (AvgIpc) is 3.20. The van der Waals surface area contributed by atoms with Gasteiger partial charge in [0.2, 0.25) is 5.91 Å². The van der Waals surface area contributed by atoms with Gasteiger partial charge in [0.1, 0.15) is 22.5 Å². The van der Waals surface area contributed by atoms with Crippen molar-refractivity contribution in [2.24, 2.45) is 5.73 Å². The number of phenolic OH excluding ortho intramolecular Hbond substituents is 1. The highest BCUT2D eigenvalue weighted by Crippen LogP contribution is 2.33. The number of carbonyl (C=O) groups excluding carboxylic acids is 3. The fourth-order valence-corrected chi connectivity index (χ4v) is 3.91. The molecule has 0 unspecified atom stereocenters. The molecule has 3 rings (SSSR count). The van der Waals surface area contributed by atoms with Crippen LogP contribution < -0.4 is 21.7 Å². The number of methoxy groups -OCH3 is 1. The van der Waals surface area contributed by atoms with Crippen molar-refractivity contribution in [3.63, 3.8) is 0 Å². The van der Waals surface area contributed by atoms with E-state index in [2.05, 4.69) is 9.69 Å². The van der Waals surface area contributed by atoms with Gasteiger partial charge in [-0.25, -0.2) is 4.39 Å². The average molecular weight is 488 g/mol. The number of amides is 3. The number of benzene rings is 2. The molecule has 0 bridgehead atoms. The van der Waals surface area contributed by atoms with Crippen molar-refractivity contribution >= 4 is 40.6 Å². The molecule has 3 amide bonds. The van der Waals surface area contributed by atoms with Crippen LogP contribution in [0.25, 0.3) is 0 Å². The van der Waals surface area contributed by atoms with Gasteiger partial charge in [-0.2, -0.15) is 4.37 Å². The van der Waals surface area contributed by atoms with Crippen LogP contribution in [0.2, 0.25) is 0 Å². The minimum absolute atomic E-state index is 0.0419. The summed E-state index contributed by atoms with van der Waals surface area (Å²) < 4.78 is 22.5. The van der Waals surface area contributed by atoms with E-state index in [1.807, 2.05) is 0 Å². The largest absolute Gasteiger partial charge is 0.508 e. The van der Waals surface area contributed by atoms with E-state index in [0.717, 1.165) is 17.0 Å².